The number of rotatable bonds is 6. The highest BCUT2D eigenvalue weighted by Crippen LogP contribution is 2.28. The quantitative estimate of drug-likeness (QED) is 0.585. The number of benzene rings is 1. The van der Waals surface area contributed by atoms with Crippen molar-refractivity contribution in [2.45, 2.75) is 52.6 Å². The van der Waals surface area contributed by atoms with Gasteiger partial charge in [-0.05, 0) is 49.4 Å². The van der Waals surface area contributed by atoms with Crippen LogP contribution in [0.2, 0.25) is 0 Å². The normalized spacial score (nSPS) is 12.9. The summed E-state index contributed by atoms with van der Waals surface area (Å²) in [5.74, 6) is 0.919. The molecule has 32 heavy (non-hydrogen) atoms. The highest BCUT2D eigenvalue weighted by Gasteiger charge is 2.24. The smallest absolute Gasteiger partial charge is 0.273 e. The molecule has 9 nitrogen and oxygen atoms in total. The number of nitrogens with zero attached hydrogens (tertiary/aromatic N) is 6. The number of amides is 1. The molecule has 1 aromatic carbocycles. The van der Waals surface area contributed by atoms with E-state index in [4.69, 9.17) is 5.73 Å². The highest BCUT2D eigenvalue weighted by molar-refractivity contribution is 5.93. The molecule has 0 fully saturated rings. The minimum Gasteiger partial charge on any atom is -0.384 e. The molecular formula is C22H29ClN8O. The van der Waals surface area contributed by atoms with Crippen LogP contribution in [-0.4, -0.2) is 43.5 Å². The summed E-state index contributed by atoms with van der Waals surface area (Å²) >= 11 is 0. The van der Waals surface area contributed by atoms with Crippen LogP contribution in [0, 0.1) is 6.92 Å². The van der Waals surface area contributed by atoms with E-state index in [1.165, 1.54) is 11.1 Å². The molecule has 4 rings (SSSR count). The van der Waals surface area contributed by atoms with Crippen LogP contribution in [0.4, 0.5) is 11.8 Å². The molecule has 1 amide bonds. The maximum absolute atomic E-state index is 12.7. The van der Waals surface area contributed by atoms with E-state index in [-0.39, 0.29) is 24.4 Å². The maximum Gasteiger partial charge on any atom is 0.273 e. The van der Waals surface area contributed by atoms with Crippen molar-refractivity contribution in [3.05, 3.63) is 53.0 Å². The van der Waals surface area contributed by atoms with Gasteiger partial charge in [0.1, 0.15) is 5.82 Å². The summed E-state index contributed by atoms with van der Waals surface area (Å²) < 4.78 is 1.77. The maximum atomic E-state index is 12.7. The molecular weight excluding hydrogens is 428 g/mol. The molecule has 2 aromatic heterocycles. The molecule has 3 N–H and O–H groups in total. The molecule has 0 radical (unpaired) electrons. The van der Waals surface area contributed by atoms with Gasteiger partial charge in [0.2, 0.25) is 5.95 Å². The highest BCUT2D eigenvalue weighted by atomic mass is 35.5. The summed E-state index contributed by atoms with van der Waals surface area (Å²) in [6.45, 7) is 7.46. The fourth-order valence-corrected chi connectivity index (χ4v) is 3.99. The Morgan fingerprint density at radius 1 is 1.25 bits per heavy atom. The molecule has 1 aliphatic rings. The van der Waals surface area contributed by atoms with Crippen molar-refractivity contribution in [3.8, 4) is 5.69 Å². The van der Waals surface area contributed by atoms with Crippen LogP contribution in [0.5, 0.6) is 0 Å². The van der Waals surface area contributed by atoms with Crippen LogP contribution in [-0.2, 0) is 13.0 Å². The number of carbonyl (C=O) groups is 1. The van der Waals surface area contributed by atoms with Gasteiger partial charge in [0.05, 0.1) is 11.4 Å². The molecule has 0 spiro atoms. The lowest BCUT2D eigenvalue weighted by atomic mass is 9.98. The van der Waals surface area contributed by atoms with Gasteiger partial charge < -0.3 is 16.0 Å². The van der Waals surface area contributed by atoms with Crippen molar-refractivity contribution in [1.29, 1.82) is 0 Å². The first kappa shape index (κ1) is 23.5. The van der Waals surface area contributed by atoms with Gasteiger partial charge in [-0.2, -0.15) is 4.98 Å². The molecule has 0 saturated heterocycles. The first-order valence-corrected chi connectivity index (χ1v) is 10.7. The Balaban J connectivity index is 0.00000289. The predicted octanol–water partition coefficient (Wildman–Crippen LogP) is 2.85. The van der Waals surface area contributed by atoms with E-state index in [2.05, 4.69) is 50.4 Å². The van der Waals surface area contributed by atoms with Gasteiger partial charge in [-0.1, -0.05) is 31.2 Å². The Morgan fingerprint density at radius 3 is 2.75 bits per heavy atom. The van der Waals surface area contributed by atoms with Gasteiger partial charge in [0.15, 0.2) is 5.69 Å². The minimum atomic E-state index is -0.174. The Labute approximate surface area is 193 Å². The average Bonchev–Trinajstić information content (AvgIpc) is 3.17. The average molecular weight is 457 g/mol. The number of nitrogens with one attached hydrogen (secondary N) is 1. The van der Waals surface area contributed by atoms with Crippen LogP contribution in [0.25, 0.3) is 5.69 Å². The van der Waals surface area contributed by atoms with Crippen molar-refractivity contribution in [1.82, 2.24) is 30.3 Å². The zero-order chi connectivity index (χ0) is 22.0. The number of halogens is 1. The molecule has 0 unspecified atom stereocenters. The van der Waals surface area contributed by atoms with E-state index in [0.717, 1.165) is 37.2 Å². The van der Waals surface area contributed by atoms with E-state index >= 15 is 0 Å². The lowest BCUT2D eigenvalue weighted by Crippen LogP contribution is -2.34. The third-order valence-electron chi connectivity index (χ3n) is 5.85. The van der Waals surface area contributed by atoms with Gasteiger partial charge in [-0.15, -0.1) is 17.5 Å². The van der Waals surface area contributed by atoms with Gasteiger partial charge in [-0.3, -0.25) is 4.79 Å². The van der Waals surface area contributed by atoms with Gasteiger partial charge >= 0.3 is 0 Å². The van der Waals surface area contributed by atoms with Crippen molar-refractivity contribution in [2.24, 2.45) is 0 Å². The standard InChI is InChI=1S/C22H28N8O.ClH/c1-4-16(5-2)25-21(31)20-14(3)30(28-27-20)18-8-6-7-15-13-29(12-10-17(15)18)22-24-11-9-19(23)26-22;/h6-9,11,16H,4-5,10,12-13H2,1-3H3,(H,25,31)(H2,23,24,26);1H. The Hall–Kier alpha value is -3.20. The molecule has 0 bridgehead atoms. The number of nitrogens with two attached hydrogens (primary N) is 1. The van der Waals surface area contributed by atoms with Crippen molar-refractivity contribution in [2.75, 3.05) is 17.2 Å². The van der Waals surface area contributed by atoms with Crippen LogP contribution >= 0.6 is 12.4 Å². The second-order valence-corrected chi connectivity index (χ2v) is 7.79. The van der Waals surface area contributed by atoms with Gasteiger partial charge in [-0.25, -0.2) is 9.67 Å². The number of hydrogen-bond acceptors (Lipinski definition) is 7. The third-order valence-corrected chi connectivity index (χ3v) is 5.85. The Morgan fingerprint density at radius 2 is 2.03 bits per heavy atom. The molecule has 0 aliphatic carbocycles. The van der Waals surface area contributed by atoms with Crippen molar-refractivity contribution < 1.29 is 4.79 Å². The summed E-state index contributed by atoms with van der Waals surface area (Å²) in [7, 11) is 0. The van der Waals surface area contributed by atoms with Crippen LogP contribution in [0.3, 0.4) is 0 Å². The second kappa shape index (κ2) is 9.95. The number of fused-ring (bicyclic) bond motifs is 1. The lowest BCUT2D eigenvalue weighted by Gasteiger charge is -2.30. The fraction of sp³-hybridized carbons (Fsp3) is 0.409. The van der Waals surface area contributed by atoms with Crippen molar-refractivity contribution >= 4 is 30.1 Å². The molecule has 3 heterocycles. The predicted molar refractivity (Wildman–Crippen MR) is 126 cm³/mol. The fourth-order valence-electron chi connectivity index (χ4n) is 3.99. The summed E-state index contributed by atoms with van der Waals surface area (Å²) in [6.07, 6.45) is 4.25. The van der Waals surface area contributed by atoms with E-state index in [9.17, 15) is 4.79 Å². The number of carbonyl (C=O) groups excluding carboxylic acids is 1. The molecule has 3 aromatic rings. The third kappa shape index (κ3) is 4.52. The zero-order valence-electron chi connectivity index (χ0n) is 18.6. The van der Waals surface area contributed by atoms with Gasteiger partial charge in [0.25, 0.3) is 5.91 Å². The lowest BCUT2D eigenvalue weighted by molar-refractivity contribution is 0.0929. The second-order valence-electron chi connectivity index (χ2n) is 7.79. The zero-order valence-corrected chi connectivity index (χ0v) is 19.4. The Bertz CT molecular complexity index is 1100. The Kier molecular flexibility index (Phi) is 7.29. The number of nitrogen functional groups attached to an aromatic ring is 1. The summed E-state index contributed by atoms with van der Waals surface area (Å²) in [5.41, 5.74) is 10.3. The SMILES string of the molecule is CCC(CC)NC(=O)c1nnn(-c2cccc3c2CCN(c2nccc(N)n2)C3)c1C.Cl. The van der Waals surface area contributed by atoms with Crippen molar-refractivity contribution in [3.63, 3.8) is 0 Å². The number of aromatic nitrogens is 5. The summed E-state index contributed by atoms with van der Waals surface area (Å²) in [4.78, 5) is 23.5. The molecule has 0 saturated carbocycles. The van der Waals surface area contributed by atoms with E-state index < -0.39 is 0 Å². The van der Waals surface area contributed by atoms with E-state index in [0.29, 0.717) is 24.0 Å². The summed E-state index contributed by atoms with van der Waals surface area (Å²) in [6, 6.07) is 7.95. The van der Waals surface area contributed by atoms with Crippen LogP contribution < -0.4 is 16.0 Å². The van der Waals surface area contributed by atoms with Crippen LogP contribution in [0.15, 0.2) is 30.5 Å². The monoisotopic (exact) mass is 456 g/mol. The largest absolute Gasteiger partial charge is 0.384 e. The first-order chi connectivity index (χ1) is 15.0. The molecule has 170 valence electrons. The first-order valence-electron chi connectivity index (χ1n) is 10.7. The number of anilines is 2. The summed E-state index contributed by atoms with van der Waals surface area (Å²) in [5, 5.41) is 11.5. The van der Waals surface area contributed by atoms with E-state index in [1.54, 1.807) is 16.9 Å². The number of hydrogen-bond donors (Lipinski definition) is 2. The minimum absolute atomic E-state index is 0. The topological polar surface area (TPSA) is 115 Å². The molecule has 1 aliphatic heterocycles. The van der Waals surface area contributed by atoms with E-state index in [1.807, 2.05) is 19.1 Å². The van der Waals surface area contributed by atoms with Gasteiger partial charge in [0, 0.05) is 25.3 Å². The van der Waals surface area contributed by atoms with Crippen LogP contribution in [0.1, 0.15) is 54.0 Å². The molecule has 10 heteroatoms. The molecule has 0 atom stereocenters.